The fourth-order valence-corrected chi connectivity index (χ4v) is 3.84. The smallest absolute Gasteiger partial charge is 0.329 e. The molecule has 2 saturated heterocycles. The van der Waals surface area contributed by atoms with E-state index >= 15 is 0 Å². The van der Waals surface area contributed by atoms with Crippen LogP contribution in [0.15, 0.2) is 30.3 Å². The minimum Gasteiger partial charge on any atom is -0.373 e. The fraction of sp³-hybridized carbons (Fsp3) is 0.556. The summed E-state index contributed by atoms with van der Waals surface area (Å²) < 4.78 is 0. The van der Waals surface area contributed by atoms with Crippen molar-refractivity contribution in [2.45, 2.75) is 37.6 Å². The van der Waals surface area contributed by atoms with Gasteiger partial charge in [-0.05, 0) is 43.7 Å². The number of nitrogens with zero attached hydrogens (tertiary/aromatic N) is 1. The van der Waals surface area contributed by atoms with Gasteiger partial charge in [0.25, 0.3) is 0 Å². The van der Waals surface area contributed by atoms with Gasteiger partial charge in [-0.25, -0.2) is 4.79 Å². The monoisotopic (exact) mass is 331 g/mol. The number of nitrogens with two attached hydrogens (primary N) is 1. The van der Waals surface area contributed by atoms with Crippen LogP contribution in [0.25, 0.3) is 0 Å². The molecule has 1 aromatic rings. The molecular formula is C18H25N3O3. The highest BCUT2D eigenvalue weighted by atomic mass is 16.7. The van der Waals surface area contributed by atoms with Crippen molar-refractivity contribution in [3.8, 4) is 0 Å². The highest BCUT2D eigenvalue weighted by Gasteiger charge is 2.39. The first-order valence-electron chi connectivity index (χ1n) is 8.68. The van der Waals surface area contributed by atoms with Crippen molar-refractivity contribution in [2.75, 3.05) is 19.6 Å². The van der Waals surface area contributed by atoms with E-state index in [-0.39, 0.29) is 5.91 Å². The number of nitrogens with one attached hydrogen (secondary N) is 1. The van der Waals surface area contributed by atoms with E-state index in [1.54, 1.807) is 0 Å². The van der Waals surface area contributed by atoms with Crippen LogP contribution >= 0.6 is 0 Å². The number of rotatable bonds is 3. The summed E-state index contributed by atoms with van der Waals surface area (Å²) in [5, 5.41) is 3.18. The van der Waals surface area contributed by atoms with Gasteiger partial charge in [0.2, 0.25) is 5.91 Å². The van der Waals surface area contributed by atoms with E-state index in [4.69, 9.17) is 5.90 Å². The second-order valence-electron chi connectivity index (χ2n) is 6.63. The van der Waals surface area contributed by atoms with Gasteiger partial charge in [0.15, 0.2) is 0 Å². The van der Waals surface area contributed by atoms with Crippen molar-refractivity contribution in [1.29, 1.82) is 0 Å². The molecule has 2 aliphatic heterocycles. The summed E-state index contributed by atoms with van der Waals surface area (Å²) in [5.41, 5.74) is 1.34. The zero-order valence-corrected chi connectivity index (χ0v) is 13.8. The molecule has 2 heterocycles. The molecule has 0 bridgehead atoms. The van der Waals surface area contributed by atoms with Crippen molar-refractivity contribution in [3.05, 3.63) is 35.9 Å². The summed E-state index contributed by atoms with van der Waals surface area (Å²) in [6.45, 7) is 2.19. The summed E-state index contributed by atoms with van der Waals surface area (Å²) >= 11 is 0. The number of piperidine rings is 2. The minimum atomic E-state index is -0.511. The topological polar surface area (TPSA) is 84.7 Å². The summed E-state index contributed by atoms with van der Waals surface area (Å²) in [4.78, 5) is 30.9. The van der Waals surface area contributed by atoms with E-state index in [9.17, 15) is 9.59 Å². The number of hydrogen-bond acceptors (Lipinski definition) is 5. The summed E-state index contributed by atoms with van der Waals surface area (Å²) in [7, 11) is 0. The van der Waals surface area contributed by atoms with Crippen LogP contribution in [0.1, 0.15) is 37.2 Å². The molecule has 3 rings (SSSR count). The summed E-state index contributed by atoms with van der Waals surface area (Å²) in [5.74, 6) is 4.54. The lowest BCUT2D eigenvalue weighted by molar-refractivity contribution is -0.155. The highest BCUT2D eigenvalue weighted by Crippen LogP contribution is 2.29. The Morgan fingerprint density at radius 2 is 1.83 bits per heavy atom. The second-order valence-corrected chi connectivity index (χ2v) is 6.63. The molecule has 24 heavy (non-hydrogen) atoms. The van der Waals surface area contributed by atoms with Crippen molar-refractivity contribution in [2.24, 2.45) is 11.8 Å². The van der Waals surface area contributed by atoms with Crippen LogP contribution in [-0.4, -0.2) is 42.5 Å². The van der Waals surface area contributed by atoms with Crippen LogP contribution in [0, 0.1) is 5.92 Å². The highest BCUT2D eigenvalue weighted by molar-refractivity contribution is 5.88. The van der Waals surface area contributed by atoms with E-state index < -0.39 is 17.9 Å². The lowest BCUT2D eigenvalue weighted by atomic mass is 9.87. The minimum absolute atomic E-state index is 0.00314. The molecule has 0 aliphatic carbocycles. The summed E-state index contributed by atoms with van der Waals surface area (Å²) in [6.07, 6.45) is 3.39. The van der Waals surface area contributed by atoms with E-state index in [2.05, 4.69) is 34.4 Å². The number of carbonyl (C=O) groups is 2. The predicted octanol–water partition coefficient (Wildman–Crippen LogP) is 1.18. The second kappa shape index (κ2) is 7.77. The lowest BCUT2D eigenvalue weighted by Crippen LogP contribution is -2.56. The Hall–Kier alpha value is -1.92. The molecule has 1 aromatic carbocycles. The number of amides is 1. The quantitative estimate of drug-likeness (QED) is 0.813. The predicted molar refractivity (Wildman–Crippen MR) is 89.8 cm³/mol. The standard InChI is InChI=1S/C18H25N3O3/c19-24-18(23)15-7-4-10-20-16(15)17(22)21-11-8-14(9-12-21)13-5-2-1-3-6-13/h1-3,5-6,14-16,20H,4,7-12,19H2/t15-,16-/m0/s1. The van der Waals surface area contributed by atoms with Crippen LogP contribution in [0.5, 0.6) is 0 Å². The van der Waals surface area contributed by atoms with Crippen LogP contribution in [0.3, 0.4) is 0 Å². The fourth-order valence-electron chi connectivity index (χ4n) is 3.84. The molecule has 130 valence electrons. The first-order chi connectivity index (χ1) is 11.7. The Kier molecular flexibility index (Phi) is 5.48. The average molecular weight is 331 g/mol. The number of carbonyl (C=O) groups excluding carboxylic acids is 2. The first-order valence-corrected chi connectivity index (χ1v) is 8.68. The molecule has 0 saturated carbocycles. The summed E-state index contributed by atoms with van der Waals surface area (Å²) in [6, 6.07) is 9.93. The van der Waals surface area contributed by atoms with Gasteiger partial charge in [-0.1, -0.05) is 30.3 Å². The Morgan fingerprint density at radius 3 is 2.50 bits per heavy atom. The Morgan fingerprint density at radius 1 is 1.12 bits per heavy atom. The maximum absolute atomic E-state index is 12.8. The van der Waals surface area contributed by atoms with Crippen LogP contribution in [0.4, 0.5) is 0 Å². The van der Waals surface area contributed by atoms with Crippen molar-refractivity contribution in [3.63, 3.8) is 0 Å². The zero-order valence-electron chi connectivity index (χ0n) is 13.8. The molecule has 0 spiro atoms. The third-order valence-electron chi connectivity index (χ3n) is 5.22. The number of benzene rings is 1. The SMILES string of the molecule is NOC(=O)[C@H]1CCCN[C@@H]1C(=O)N1CCC(c2ccccc2)CC1. The molecular weight excluding hydrogens is 306 g/mol. The Bertz CT molecular complexity index is 570. The van der Waals surface area contributed by atoms with Crippen molar-refractivity contribution in [1.82, 2.24) is 10.2 Å². The normalized spacial score (nSPS) is 25.3. The van der Waals surface area contributed by atoms with Crippen LogP contribution < -0.4 is 11.2 Å². The van der Waals surface area contributed by atoms with E-state index in [0.29, 0.717) is 12.3 Å². The molecule has 0 aromatic heterocycles. The number of hydrogen-bond donors (Lipinski definition) is 2. The molecule has 6 nitrogen and oxygen atoms in total. The van der Waals surface area contributed by atoms with Gasteiger partial charge in [-0.3, -0.25) is 4.79 Å². The largest absolute Gasteiger partial charge is 0.373 e. The number of likely N-dealkylation sites (tertiary alicyclic amines) is 1. The van der Waals surface area contributed by atoms with Gasteiger partial charge < -0.3 is 15.1 Å². The third-order valence-corrected chi connectivity index (χ3v) is 5.22. The Balaban J connectivity index is 1.61. The maximum atomic E-state index is 12.8. The first kappa shape index (κ1) is 16.9. The Labute approximate surface area is 142 Å². The van der Waals surface area contributed by atoms with Crippen LogP contribution in [-0.2, 0) is 14.4 Å². The van der Waals surface area contributed by atoms with E-state index in [1.165, 1.54) is 5.56 Å². The van der Waals surface area contributed by atoms with Gasteiger partial charge in [-0.15, -0.1) is 0 Å². The molecule has 2 fully saturated rings. The average Bonchev–Trinajstić information content (AvgIpc) is 2.67. The van der Waals surface area contributed by atoms with Crippen molar-refractivity contribution < 1.29 is 14.4 Å². The van der Waals surface area contributed by atoms with E-state index in [0.717, 1.165) is 38.9 Å². The van der Waals surface area contributed by atoms with Gasteiger partial charge in [-0.2, -0.15) is 5.90 Å². The van der Waals surface area contributed by atoms with Gasteiger partial charge >= 0.3 is 5.97 Å². The van der Waals surface area contributed by atoms with Gasteiger partial charge in [0, 0.05) is 13.1 Å². The molecule has 1 amide bonds. The van der Waals surface area contributed by atoms with Crippen LogP contribution in [0.2, 0.25) is 0 Å². The lowest BCUT2D eigenvalue weighted by Gasteiger charge is -2.37. The molecule has 2 aliphatic rings. The van der Waals surface area contributed by atoms with Gasteiger partial charge in [0.05, 0.1) is 5.92 Å². The van der Waals surface area contributed by atoms with Gasteiger partial charge in [0.1, 0.15) is 6.04 Å². The van der Waals surface area contributed by atoms with E-state index in [1.807, 2.05) is 11.0 Å². The molecule has 6 heteroatoms. The zero-order chi connectivity index (χ0) is 16.9. The third kappa shape index (κ3) is 3.60. The molecule has 0 radical (unpaired) electrons. The molecule has 2 atom stereocenters. The molecule has 0 unspecified atom stereocenters. The molecule has 3 N–H and O–H groups in total. The maximum Gasteiger partial charge on any atom is 0.329 e. The van der Waals surface area contributed by atoms with Crippen molar-refractivity contribution >= 4 is 11.9 Å².